The average molecular weight is 459 g/mol. The van der Waals surface area contributed by atoms with E-state index >= 15 is 0 Å². The zero-order valence-corrected chi connectivity index (χ0v) is 18.9. The summed E-state index contributed by atoms with van der Waals surface area (Å²) in [5, 5.41) is 3.11. The fraction of sp³-hybridized carbons (Fsp3) is 0.500. The lowest BCUT2D eigenvalue weighted by Gasteiger charge is -2.44. The molecule has 0 radical (unpaired) electrons. The smallest absolute Gasteiger partial charge is 0.416 e. The Kier molecular flexibility index (Phi) is 5.43. The van der Waals surface area contributed by atoms with Crippen LogP contribution in [-0.2, 0) is 17.3 Å². The lowest BCUT2D eigenvalue weighted by molar-refractivity contribution is -0.137. The van der Waals surface area contributed by atoms with Crippen LogP contribution in [0.1, 0.15) is 49.4 Å². The van der Waals surface area contributed by atoms with Crippen molar-refractivity contribution in [2.45, 2.75) is 51.4 Å². The van der Waals surface area contributed by atoms with E-state index < -0.39 is 11.7 Å². The molecule has 1 N–H and O–H groups in total. The summed E-state index contributed by atoms with van der Waals surface area (Å²) in [6, 6.07) is 11.0. The molecule has 2 aromatic carbocycles. The number of ether oxygens (including phenoxy) is 1. The minimum Gasteiger partial charge on any atom is -0.445 e. The van der Waals surface area contributed by atoms with Gasteiger partial charge in [-0.3, -0.25) is 4.90 Å². The van der Waals surface area contributed by atoms with Crippen LogP contribution in [0.5, 0.6) is 0 Å². The van der Waals surface area contributed by atoms with Crippen LogP contribution in [0.4, 0.5) is 18.0 Å². The summed E-state index contributed by atoms with van der Waals surface area (Å²) in [5.41, 5.74) is 2.90. The zero-order chi connectivity index (χ0) is 23.4. The van der Waals surface area contributed by atoms with Crippen molar-refractivity contribution in [1.82, 2.24) is 10.2 Å². The molecule has 1 aliphatic carbocycles. The number of nitrogens with zero attached hydrogens (tertiary/aromatic N) is 1. The molecular weight excluding hydrogens is 429 g/mol. The van der Waals surface area contributed by atoms with Crippen LogP contribution < -0.4 is 5.32 Å². The lowest BCUT2D eigenvalue weighted by Crippen LogP contribution is -2.53. The molecule has 6 rings (SSSR count). The molecule has 2 atom stereocenters. The molecule has 1 unspecified atom stereocenters. The molecular formula is C26H29F3N2O2. The molecule has 0 aromatic heterocycles. The number of hydrogen-bond donors (Lipinski definition) is 1. The molecule has 176 valence electrons. The topological polar surface area (TPSA) is 41.6 Å². The Morgan fingerprint density at radius 1 is 1.06 bits per heavy atom. The summed E-state index contributed by atoms with van der Waals surface area (Å²) in [6.45, 7) is 7.24. The lowest BCUT2D eigenvalue weighted by atomic mass is 9.85. The van der Waals surface area contributed by atoms with Crippen LogP contribution in [-0.4, -0.2) is 36.7 Å². The summed E-state index contributed by atoms with van der Waals surface area (Å²) in [6.07, 6.45) is -1.82. The van der Waals surface area contributed by atoms with Crippen molar-refractivity contribution in [3.63, 3.8) is 0 Å². The molecule has 0 saturated carbocycles. The number of rotatable bonds is 3. The molecule has 7 heteroatoms. The number of carbonyl (C=O) groups excluding carboxylic acids is 1. The molecule has 3 saturated heterocycles. The van der Waals surface area contributed by atoms with Crippen molar-refractivity contribution in [3.05, 3.63) is 59.2 Å². The van der Waals surface area contributed by atoms with E-state index in [0.717, 1.165) is 73.3 Å². The number of benzene rings is 2. The van der Waals surface area contributed by atoms with E-state index in [-0.39, 0.29) is 23.7 Å². The highest BCUT2D eigenvalue weighted by Gasteiger charge is 2.42. The van der Waals surface area contributed by atoms with Crippen molar-refractivity contribution in [2.24, 2.45) is 11.3 Å². The number of amides is 1. The molecule has 33 heavy (non-hydrogen) atoms. The van der Waals surface area contributed by atoms with Gasteiger partial charge in [0.05, 0.1) is 11.6 Å². The van der Waals surface area contributed by atoms with E-state index in [9.17, 15) is 18.0 Å². The molecule has 4 nitrogen and oxygen atoms in total. The van der Waals surface area contributed by atoms with Gasteiger partial charge >= 0.3 is 12.3 Å². The van der Waals surface area contributed by atoms with Crippen LogP contribution in [0.15, 0.2) is 42.5 Å². The summed E-state index contributed by atoms with van der Waals surface area (Å²) < 4.78 is 44.5. The zero-order valence-electron chi connectivity index (χ0n) is 18.9. The predicted molar refractivity (Wildman–Crippen MR) is 120 cm³/mol. The molecule has 3 fully saturated rings. The maximum Gasteiger partial charge on any atom is 0.416 e. The molecule has 2 bridgehead atoms. The van der Waals surface area contributed by atoms with Gasteiger partial charge < -0.3 is 10.1 Å². The van der Waals surface area contributed by atoms with Gasteiger partial charge in [-0.1, -0.05) is 44.2 Å². The van der Waals surface area contributed by atoms with Crippen molar-refractivity contribution >= 4 is 6.09 Å². The van der Waals surface area contributed by atoms with E-state index in [1.807, 2.05) is 18.2 Å². The number of piperidine rings is 3. The minimum absolute atomic E-state index is 0.0430. The third-order valence-electron chi connectivity index (χ3n) is 7.54. The van der Waals surface area contributed by atoms with Crippen molar-refractivity contribution in [3.8, 4) is 11.1 Å². The van der Waals surface area contributed by atoms with Crippen molar-refractivity contribution in [1.29, 1.82) is 0 Å². The van der Waals surface area contributed by atoms with E-state index in [0.29, 0.717) is 5.92 Å². The van der Waals surface area contributed by atoms with E-state index in [1.165, 1.54) is 12.1 Å². The summed E-state index contributed by atoms with van der Waals surface area (Å²) in [4.78, 5) is 15.2. The maximum absolute atomic E-state index is 12.9. The van der Waals surface area contributed by atoms with Crippen LogP contribution in [0, 0.1) is 11.3 Å². The second-order valence-corrected chi connectivity index (χ2v) is 10.3. The standard InChI is InChI=1S/C26H29F3N2O2/c1-25(2)14-19-13-18(16-3-6-20(7-4-16)26(27,28)29)5-8-21(19)23(25)30-24(32)33-22-15-31-11-9-17(22)10-12-31/h3-8,13,17,22-23H,9-12,14-15H2,1-2H3,(H,30,32)/t22-,23?/m0/s1. The third kappa shape index (κ3) is 4.35. The Bertz CT molecular complexity index is 1040. The third-order valence-corrected chi connectivity index (χ3v) is 7.54. The van der Waals surface area contributed by atoms with Gasteiger partial charge in [-0.25, -0.2) is 4.79 Å². The van der Waals surface area contributed by atoms with Crippen molar-refractivity contribution in [2.75, 3.05) is 19.6 Å². The Balaban J connectivity index is 1.31. The number of alkyl halides is 3. The number of hydrogen-bond acceptors (Lipinski definition) is 3. The highest BCUT2D eigenvalue weighted by molar-refractivity contribution is 5.70. The Morgan fingerprint density at radius 2 is 1.73 bits per heavy atom. The second-order valence-electron chi connectivity index (χ2n) is 10.3. The van der Waals surface area contributed by atoms with E-state index in [1.54, 1.807) is 0 Å². The molecule has 3 heterocycles. The minimum atomic E-state index is -4.34. The van der Waals surface area contributed by atoms with Crippen LogP contribution in [0.25, 0.3) is 11.1 Å². The number of alkyl carbamates (subject to hydrolysis) is 1. The van der Waals surface area contributed by atoms with Gasteiger partial charge in [0.1, 0.15) is 6.10 Å². The Labute approximate surface area is 192 Å². The maximum atomic E-state index is 12.9. The molecule has 2 aromatic rings. The average Bonchev–Trinajstić information content (AvgIpc) is 3.02. The first-order valence-electron chi connectivity index (χ1n) is 11.6. The van der Waals surface area contributed by atoms with Crippen LogP contribution >= 0.6 is 0 Å². The molecule has 1 amide bonds. The first kappa shape index (κ1) is 22.3. The number of carbonyl (C=O) groups is 1. The van der Waals surface area contributed by atoms with Gasteiger partial charge in [-0.05, 0) is 78.1 Å². The molecule has 3 aliphatic heterocycles. The summed E-state index contributed by atoms with van der Waals surface area (Å²) >= 11 is 0. The fourth-order valence-electron chi connectivity index (χ4n) is 5.69. The highest BCUT2D eigenvalue weighted by Crippen LogP contribution is 2.46. The predicted octanol–water partition coefficient (Wildman–Crippen LogP) is 5.82. The van der Waals surface area contributed by atoms with Gasteiger partial charge in [-0.15, -0.1) is 0 Å². The quantitative estimate of drug-likeness (QED) is 0.631. The largest absolute Gasteiger partial charge is 0.445 e. The molecule has 4 aliphatic rings. The van der Waals surface area contributed by atoms with Gasteiger partial charge in [0, 0.05) is 6.54 Å². The summed E-state index contributed by atoms with van der Waals surface area (Å²) in [7, 11) is 0. The summed E-state index contributed by atoms with van der Waals surface area (Å²) in [5.74, 6) is 0.455. The number of nitrogens with one attached hydrogen (secondary N) is 1. The van der Waals surface area contributed by atoms with Crippen molar-refractivity contribution < 1.29 is 22.7 Å². The van der Waals surface area contributed by atoms with Gasteiger partial charge in [0.2, 0.25) is 0 Å². The SMILES string of the molecule is CC1(C)Cc2cc(-c3ccc(C(F)(F)F)cc3)ccc2C1NC(=O)O[C@H]1CN2CCC1CC2. The van der Waals surface area contributed by atoms with E-state index in [2.05, 4.69) is 24.1 Å². The van der Waals surface area contributed by atoms with Crippen LogP contribution in [0.3, 0.4) is 0 Å². The van der Waals surface area contributed by atoms with Crippen LogP contribution in [0.2, 0.25) is 0 Å². The van der Waals surface area contributed by atoms with Gasteiger partial charge in [0.15, 0.2) is 0 Å². The Morgan fingerprint density at radius 3 is 2.33 bits per heavy atom. The fourth-order valence-corrected chi connectivity index (χ4v) is 5.69. The highest BCUT2D eigenvalue weighted by atomic mass is 19.4. The molecule has 0 spiro atoms. The van der Waals surface area contributed by atoms with Gasteiger partial charge in [-0.2, -0.15) is 13.2 Å². The monoisotopic (exact) mass is 458 g/mol. The first-order valence-corrected chi connectivity index (χ1v) is 11.6. The Hall–Kier alpha value is -2.54. The first-order chi connectivity index (χ1) is 15.6. The number of halogens is 3. The normalized spacial score (nSPS) is 27.8. The van der Waals surface area contributed by atoms with E-state index in [4.69, 9.17) is 4.74 Å². The number of fused-ring (bicyclic) bond motifs is 4. The van der Waals surface area contributed by atoms with Gasteiger partial charge in [0.25, 0.3) is 0 Å². The second kappa shape index (κ2) is 8.05.